The lowest BCUT2D eigenvalue weighted by Crippen LogP contribution is -2.34. The van der Waals surface area contributed by atoms with Crippen LogP contribution >= 0.6 is 11.3 Å². The van der Waals surface area contributed by atoms with Gasteiger partial charge in [0, 0.05) is 42.5 Å². The molecule has 162 valence electrons. The number of aryl methyl sites for hydroxylation is 2. The zero-order valence-corrected chi connectivity index (χ0v) is 19.0. The second-order valence-corrected chi connectivity index (χ2v) is 9.02. The molecule has 1 unspecified atom stereocenters. The summed E-state index contributed by atoms with van der Waals surface area (Å²) in [4.78, 5) is 19.7. The summed E-state index contributed by atoms with van der Waals surface area (Å²) in [5, 5.41) is 3.04. The van der Waals surface area contributed by atoms with Gasteiger partial charge in [-0.3, -0.25) is 4.79 Å². The highest BCUT2D eigenvalue weighted by Gasteiger charge is 2.27. The van der Waals surface area contributed by atoms with Crippen LogP contribution in [0.3, 0.4) is 0 Å². The molecule has 5 nitrogen and oxygen atoms in total. The number of para-hydroxylation sites is 1. The molecular formula is C25H29N3O2S. The molecule has 3 aromatic rings. The van der Waals surface area contributed by atoms with Crippen molar-refractivity contribution < 1.29 is 9.53 Å². The molecule has 31 heavy (non-hydrogen) atoms. The maximum Gasteiger partial charge on any atom is 0.247 e. The summed E-state index contributed by atoms with van der Waals surface area (Å²) in [6, 6.07) is 12.1. The van der Waals surface area contributed by atoms with E-state index in [9.17, 15) is 4.79 Å². The van der Waals surface area contributed by atoms with Gasteiger partial charge in [0.15, 0.2) is 0 Å². The minimum Gasteiger partial charge on any atom is -0.487 e. The van der Waals surface area contributed by atoms with E-state index in [2.05, 4.69) is 34.9 Å². The minimum absolute atomic E-state index is 0.0537. The van der Waals surface area contributed by atoms with Crippen molar-refractivity contribution in [1.29, 1.82) is 0 Å². The number of likely N-dealkylation sites (tertiary alicyclic amines) is 1. The van der Waals surface area contributed by atoms with Gasteiger partial charge >= 0.3 is 0 Å². The summed E-state index contributed by atoms with van der Waals surface area (Å²) in [7, 11) is 2.05. The smallest absolute Gasteiger partial charge is 0.247 e. The van der Waals surface area contributed by atoms with Gasteiger partial charge in [-0.1, -0.05) is 31.0 Å². The molecule has 1 aliphatic rings. The third-order valence-electron chi connectivity index (χ3n) is 5.73. The quantitative estimate of drug-likeness (QED) is 0.479. The lowest BCUT2D eigenvalue weighted by atomic mass is 10.1. The predicted molar refractivity (Wildman–Crippen MR) is 125 cm³/mol. The second-order valence-electron chi connectivity index (χ2n) is 7.96. The van der Waals surface area contributed by atoms with E-state index in [1.807, 2.05) is 47.5 Å². The summed E-state index contributed by atoms with van der Waals surface area (Å²) in [5.41, 5.74) is 3.02. The topological polar surface area (TPSA) is 47.4 Å². The lowest BCUT2D eigenvalue weighted by Gasteiger charge is -2.29. The van der Waals surface area contributed by atoms with Crippen molar-refractivity contribution in [3.63, 3.8) is 0 Å². The van der Waals surface area contributed by atoms with Crippen molar-refractivity contribution in [1.82, 2.24) is 14.5 Å². The van der Waals surface area contributed by atoms with E-state index < -0.39 is 0 Å². The van der Waals surface area contributed by atoms with Gasteiger partial charge in [-0.25, -0.2) is 4.98 Å². The van der Waals surface area contributed by atoms with Crippen molar-refractivity contribution in [2.75, 3.05) is 6.54 Å². The number of hydrogen-bond acceptors (Lipinski definition) is 4. The number of thiazole rings is 1. The van der Waals surface area contributed by atoms with Gasteiger partial charge in [0.05, 0.1) is 16.7 Å². The number of ether oxygens (including phenoxy) is 1. The van der Waals surface area contributed by atoms with Crippen LogP contribution < -0.4 is 4.74 Å². The normalized spacial score (nSPS) is 17.1. The molecule has 0 aliphatic carbocycles. The van der Waals surface area contributed by atoms with Crippen LogP contribution in [0.5, 0.6) is 5.75 Å². The van der Waals surface area contributed by atoms with Crippen LogP contribution in [0.4, 0.5) is 0 Å². The highest BCUT2D eigenvalue weighted by molar-refractivity contribution is 7.09. The first-order chi connectivity index (χ1) is 15.1. The van der Waals surface area contributed by atoms with Gasteiger partial charge < -0.3 is 14.2 Å². The van der Waals surface area contributed by atoms with E-state index in [4.69, 9.17) is 4.74 Å². The Morgan fingerprint density at radius 3 is 2.87 bits per heavy atom. The van der Waals surface area contributed by atoms with E-state index in [0.29, 0.717) is 6.61 Å². The molecule has 1 aliphatic heterocycles. The number of carbonyl (C=O) groups excluding carboxylic acids is 1. The molecule has 0 spiro atoms. The molecule has 0 radical (unpaired) electrons. The average molecular weight is 436 g/mol. The van der Waals surface area contributed by atoms with Crippen LogP contribution in [0, 0.1) is 6.92 Å². The van der Waals surface area contributed by atoms with Gasteiger partial charge in [0.2, 0.25) is 5.91 Å². The molecular weight excluding hydrogens is 406 g/mol. The maximum atomic E-state index is 13.2. The summed E-state index contributed by atoms with van der Waals surface area (Å²) in [6.45, 7) is 3.20. The largest absolute Gasteiger partial charge is 0.487 e. The Hall–Kier alpha value is -2.86. The summed E-state index contributed by atoms with van der Waals surface area (Å²) in [6.07, 6.45) is 9.98. The van der Waals surface area contributed by atoms with Crippen molar-refractivity contribution >= 4 is 23.3 Å². The molecule has 1 atom stereocenters. The third kappa shape index (κ3) is 5.25. The number of nitrogens with zero attached hydrogens (tertiary/aromatic N) is 3. The molecule has 3 heterocycles. The molecule has 1 amide bonds. The third-order valence-corrected chi connectivity index (χ3v) is 6.55. The standard InChI is InChI=1S/C25H29N3O2S/c1-19-26-21(18-31-19)17-30-24-12-6-5-9-20(24)13-14-25(29)28-16-7-3-4-10-23(28)22-11-8-15-27(22)2/h5-6,8-9,11-15,18,23H,3-4,7,10,16-17H2,1-2H3/b14-13+. The van der Waals surface area contributed by atoms with Crippen molar-refractivity contribution in [3.8, 4) is 5.75 Å². The fourth-order valence-electron chi connectivity index (χ4n) is 4.13. The monoisotopic (exact) mass is 435 g/mol. The van der Waals surface area contributed by atoms with Crippen LogP contribution in [0.25, 0.3) is 6.08 Å². The highest BCUT2D eigenvalue weighted by atomic mass is 32.1. The lowest BCUT2D eigenvalue weighted by molar-refractivity contribution is -0.128. The Labute approximate surface area is 188 Å². The van der Waals surface area contributed by atoms with E-state index >= 15 is 0 Å². The highest BCUT2D eigenvalue weighted by Crippen LogP contribution is 2.31. The molecule has 2 aromatic heterocycles. The van der Waals surface area contributed by atoms with Gasteiger partial charge in [-0.05, 0) is 44.0 Å². The number of aromatic nitrogens is 2. The van der Waals surface area contributed by atoms with Crippen molar-refractivity contribution in [2.45, 2.75) is 45.3 Å². The Bertz CT molecular complexity index is 1050. The molecule has 0 saturated carbocycles. The van der Waals surface area contributed by atoms with E-state index in [1.54, 1.807) is 17.4 Å². The molecule has 1 fully saturated rings. The van der Waals surface area contributed by atoms with Crippen LogP contribution in [0.1, 0.15) is 53.7 Å². The summed E-state index contributed by atoms with van der Waals surface area (Å²) in [5.74, 6) is 0.810. The fraction of sp³-hybridized carbons (Fsp3) is 0.360. The fourth-order valence-corrected chi connectivity index (χ4v) is 4.73. The Balaban J connectivity index is 1.49. The molecule has 1 saturated heterocycles. The summed E-state index contributed by atoms with van der Waals surface area (Å²) >= 11 is 1.62. The Kier molecular flexibility index (Phi) is 6.87. The van der Waals surface area contributed by atoms with E-state index in [0.717, 1.165) is 47.8 Å². The number of amides is 1. The molecule has 0 N–H and O–H groups in total. The minimum atomic E-state index is 0.0537. The summed E-state index contributed by atoms with van der Waals surface area (Å²) < 4.78 is 8.12. The predicted octanol–water partition coefficient (Wildman–Crippen LogP) is 5.53. The zero-order chi connectivity index (χ0) is 21.6. The van der Waals surface area contributed by atoms with Gasteiger partial charge in [0.25, 0.3) is 0 Å². The van der Waals surface area contributed by atoms with Crippen molar-refractivity contribution in [2.24, 2.45) is 7.05 Å². The van der Waals surface area contributed by atoms with E-state index in [-0.39, 0.29) is 11.9 Å². The number of benzene rings is 1. The molecule has 4 rings (SSSR count). The van der Waals surface area contributed by atoms with Gasteiger partial charge in [-0.2, -0.15) is 0 Å². The Morgan fingerprint density at radius 2 is 2.10 bits per heavy atom. The SMILES string of the molecule is Cc1nc(COc2ccccc2/C=C/C(=O)N2CCCCCC2c2cccn2C)cs1. The van der Waals surface area contributed by atoms with Gasteiger partial charge in [0.1, 0.15) is 12.4 Å². The number of rotatable bonds is 6. The van der Waals surface area contributed by atoms with Crippen LogP contribution in [-0.2, 0) is 18.4 Å². The van der Waals surface area contributed by atoms with Gasteiger partial charge in [-0.15, -0.1) is 11.3 Å². The average Bonchev–Trinajstić information content (AvgIpc) is 3.31. The molecule has 6 heteroatoms. The zero-order valence-electron chi connectivity index (χ0n) is 18.2. The number of carbonyl (C=O) groups is 1. The maximum absolute atomic E-state index is 13.2. The Morgan fingerprint density at radius 1 is 1.23 bits per heavy atom. The molecule has 0 bridgehead atoms. The van der Waals surface area contributed by atoms with Crippen molar-refractivity contribution in [3.05, 3.63) is 76.0 Å². The van der Waals surface area contributed by atoms with E-state index in [1.165, 1.54) is 12.1 Å². The second kappa shape index (κ2) is 9.96. The van der Waals surface area contributed by atoms with Crippen LogP contribution in [0.15, 0.2) is 54.1 Å². The van der Waals surface area contributed by atoms with Crippen LogP contribution in [-0.4, -0.2) is 26.9 Å². The van der Waals surface area contributed by atoms with Crippen LogP contribution in [0.2, 0.25) is 0 Å². The molecule has 1 aromatic carbocycles. The number of hydrogen-bond donors (Lipinski definition) is 0. The first-order valence-corrected chi connectivity index (χ1v) is 11.7. The first kappa shape index (κ1) is 21.4. The first-order valence-electron chi connectivity index (χ1n) is 10.8.